The number of halogens is 1. The summed E-state index contributed by atoms with van der Waals surface area (Å²) < 4.78 is 17.1. The first-order valence-electron chi connectivity index (χ1n) is 4.89. The maximum Gasteiger partial charge on any atom is 0.338 e. The van der Waals surface area contributed by atoms with Crippen LogP contribution >= 0.6 is 0 Å². The van der Waals surface area contributed by atoms with Crippen LogP contribution in [0.5, 0.6) is 0 Å². The molecule has 1 N–H and O–H groups in total. The van der Waals surface area contributed by atoms with Gasteiger partial charge < -0.3 is 9.84 Å². The lowest BCUT2D eigenvalue weighted by Crippen LogP contribution is -2.08. The van der Waals surface area contributed by atoms with Crippen LogP contribution in [0.25, 0.3) is 0 Å². The number of carbonyl (C=O) groups is 1. The Morgan fingerprint density at radius 3 is 2.62 bits per heavy atom. The molecule has 0 radical (unpaired) electrons. The fourth-order valence-electron chi connectivity index (χ4n) is 1.12. The lowest BCUT2D eigenvalue weighted by atomic mass is 10.2. The maximum atomic E-state index is 12.2. The Morgan fingerprint density at radius 2 is 2.06 bits per heavy atom. The molecule has 0 spiro atoms. The molecular weight excluding hydrogens is 211 g/mol. The van der Waals surface area contributed by atoms with Gasteiger partial charge in [0.2, 0.25) is 0 Å². The van der Waals surface area contributed by atoms with Crippen molar-refractivity contribution in [3.05, 3.63) is 47.8 Å². The zero-order valence-electron chi connectivity index (χ0n) is 8.73. The molecule has 3 nitrogen and oxygen atoms in total. The second-order valence-corrected chi connectivity index (χ2v) is 3.18. The van der Waals surface area contributed by atoms with E-state index in [1.54, 1.807) is 30.3 Å². The van der Waals surface area contributed by atoms with Crippen LogP contribution < -0.4 is 0 Å². The van der Waals surface area contributed by atoms with Crippen LogP contribution in [0.3, 0.4) is 0 Å². The fourth-order valence-corrected chi connectivity index (χ4v) is 1.12. The quantitative estimate of drug-likeness (QED) is 0.779. The van der Waals surface area contributed by atoms with E-state index in [2.05, 4.69) is 0 Å². The number of carbonyl (C=O) groups excluding carboxylic acids is 1. The molecule has 0 atom stereocenters. The number of rotatable bonds is 5. The first-order valence-corrected chi connectivity index (χ1v) is 4.89. The van der Waals surface area contributed by atoms with Crippen molar-refractivity contribution in [3.63, 3.8) is 0 Å². The molecule has 0 saturated heterocycles. The number of aliphatic hydroxyl groups excluding tert-OH is 1. The van der Waals surface area contributed by atoms with Gasteiger partial charge >= 0.3 is 5.97 Å². The van der Waals surface area contributed by atoms with Gasteiger partial charge in [-0.05, 0) is 24.1 Å². The SMILES string of the molecule is O=C(OCC(=CF)CCO)c1ccccc1. The molecule has 0 saturated carbocycles. The van der Waals surface area contributed by atoms with Crippen LogP contribution in [-0.2, 0) is 4.74 Å². The molecule has 0 fully saturated rings. The fraction of sp³-hybridized carbons (Fsp3) is 0.250. The van der Waals surface area contributed by atoms with E-state index in [9.17, 15) is 9.18 Å². The number of hydrogen-bond donors (Lipinski definition) is 1. The number of benzene rings is 1. The van der Waals surface area contributed by atoms with Crippen molar-refractivity contribution in [2.45, 2.75) is 6.42 Å². The molecule has 4 heteroatoms. The molecule has 0 bridgehead atoms. The van der Waals surface area contributed by atoms with Crippen LogP contribution in [0.1, 0.15) is 16.8 Å². The lowest BCUT2D eigenvalue weighted by Gasteiger charge is -2.06. The van der Waals surface area contributed by atoms with Crippen molar-refractivity contribution in [2.75, 3.05) is 13.2 Å². The molecule has 0 amide bonds. The molecule has 1 aromatic carbocycles. The average molecular weight is 224 g/mol. The normalized spacial score (nSPS) is 11.2. The number of aliphatic hydroxyl groups is 1. The molecule has 0 aromatic heterocycles. The minimum absolute atomic E-state index is 0.134. The largest absolute Gasteiger partial charge is 0.457 e. The Morgan fingerprint density at radius 1 is 1.38 bits per heavy atom. The number of ether oxygens (including phenoxy) is 1. The molecule has 1 rings (SSSR count). The third kappa shape index (κ3) is 3.82. The van der Waals surface area contributed by atoms with E-state index in [1.165, 1.54) is 0 Å². The Hall–Kier alpha value is -1.68. The molecule has 0 aliphatic heterocycles. The monoisotopic (exact) mass is 224 g/mol. The molecule has 1 aromatic rings. The molecule has 0 aliphatic rings. The first kappa shape index (κ1) is 12.4. The summed E-state index contributed by atoms with van der Waals surface area (Å²) in [6, 6.07) is 8.46. The third-order valence-electron chi connectivity index (χ3n) is 1.99. The summed E-state index contributed by atoms with van der Waals surface area (Å²) in [5, 5.41) is 8.60. The minimum Gasteiger partial charge on any atom is -0.457 e. The van der Waals surface area contributed by atoms with Crippen molar-refractivity contribution in [2.24, 2.45) is 0 Å². The minimum atomic E-state index is -0.502. The summed E-state index contributed by atoms with van der Waals surface area (Å²) in [5.41, 5.74) is 0.677. The topological polar surface area (TPSA) is 46.5 Å². The van der Waals surface area contributed by atoms with Gasteiger partial charge in [0.1, 0.15) is 6.61 Å². The van der Waals surface area contributed by atoms with E-state index in [4.69, 9.17) is 9.84 Å². The summed E-state index contributed by atoms with van der Waals surface area (Å²) in [7, 11) is 0. The Balaban J connectivity index is 2.47. The van der Waals surface area contributed by atoms with Gasteiger partial charge in [-0.15, -0.1) is 0 Å². The average Bonchev–Trinajstić information content (AvgIpc) is 2.35. The second-order valence-electron chi connectivity index (χ2n) is 3.18. The predicted molar refractivity (Wildman–Crippen MR) is 57.6 cm³/mol. The van der Waals surface area contributed by atoms with E-state index in [-0.39, 0.29) is 25.2 Å². The molecule has 16 heavy (non-hydrogen) atoms. The maximum absolute atomic E-state index is 12.2. The third-order valence-corrected chi connectivity index (χ3v) is 1.99. The Kier molecular flexibility index (Phi) is 5.22. The lowest BCUT2D eigenvalue weighted by molar-refractivity contribution is 0.0534. The molecule has 86 valence electrons. The predicted octanol–water partition coefficient (Wildman–Crippen LogP) is 2.08. The van der Waals surface area contributed by atoms with Crippen LogP contribution in [0.15, 0.2) is 42.2 Å². The molecule has 0 aliphatic carbocycles. The highest BCUT2D eigenvalue weighted by Crippen LogP contribution is 2.06. The van der Waals surface area contributed by atoms with Gasteiger partial charge in [0.05, 0.1) is 11.9 Å². The molecule has 0 heterocycles. The first-order chi connectivity index (χ1) is 7.77. The van der Waals surface area contributed by atoms with E-state index in [1.807, 2.05) is 0 Å². The van der Waals surface area contributed by atoms with Crippen molar-refractivity contribution in [1.82, 2.24) is 0 Å². The highest BCUT2D eigenvalue weighted by Gasteiger charge is 2.07. The summed E-state index contributed by atoms with van der Waals surface area (Å²) in [5.74, 6) is -0.502. The summed E-state index contributed by atoms with van der Waals surface area (Å²) in [4.78, 5) is 11.4. The Labute approximate surface area is 93.2 Å². The van der Waals surface area contributed by atoms with Gasteiger partial charge in [-0.1, -0.05) is 18.2 Å². The smallest absolute Gasteiger partial charge is 0.338 e. The standard InChI is InChI=1S/C12H13FO3/c13-8-10(6-7-14)9-16-12(15)11-4-2-1-3-5-11/h1-5,8,14H,6-7,9H2. The summed E-state index contributed by atoms with van der Waals surface area (Å²) in [6.45, 7) is -0.302. The van der Waals surface area contributed by atoms with E-state index >= 15 is 0 Å². The Bertz CT molecular complexity index is 360. The molecular formula is C12H13FO3. The highest BCUT2D eigenvalue weighted by molar-refractivity contribution is 5.89. The van der Waals surface area contributed by atoms with Gasteiger partial charge in [-0.2, -0.15) is 0 Å². The van der Waals surface area contributed by atoms with Crippen molar-refractivity contribution >= 4 is 5.97 Å². The van der Waals surface area contributed by atoms with Crippen LogP contribution in [0.4, 0.5) is 4.39 Å². The van der Waals surface area contributed by atoms with Gasteiger partial charge in [0.15, 0.2) is 0 Å². The highest BCUT2D eigenvalue weighted by atomic mass is 19.1. The van der Waals surface area contributed by atoms with Crippen molar-refractivity contribution < 1.29 is 19.0 Å². The zero-order valence-corrected chi connectivity index (χ0v) is 8.73. The van der Waals surface area contributed by atoms with Gasteiger partial charge in [0.25, 0.3) is 0 Å². The van der Waals surface area contributed by atoms with Crippen molar-refractivity contribution in [3.8, 4) is 0 Å². The summed E-state index contributed by atoms with van der Waals surface area (Å²) >= 11 is 0. The van der Waals surface area contributed by atoms with Gasteiger partial charge in [-0.25, -0.2) is 9.18 Å². The van der Waals surface area contributed by atoms with Gasteiger partial charge in [-0.3, -0.25) is 0 Å². The summed E-state index contributed by atoms with van der Waals surface area (Å²) in [6.07, 6.45) is 0.521. The van der Waals surface area contributed by atoms with Crippen LogP contribution in [-0.4, -0.2) is 24.3 Å². The second kappa shape index (κ2) is 6.74. The zero-order chi connectivity index (χ0) is 11.8. The molecule has 0 unspecified atom stereocenters. The van der Waals surface area contributed by atoms with E-state index in [0.29, 0.717) is 11.9 Å². The van der Waals surface area contributed by atoms with E-state index in [0.717, 1.165) is 0 Å². The van der Waals surface area contributed by atoms with Crippen molar-refractivity contribution in [1.29, 1.82) is 0 Å². The van der Waals surface area contributed by atoms with Crippen LogP contribution in [0, 0.1) is 0 Å². The van der Waals surface area contributed by atoms with E-state index < -0.39 is 5.97 Å². The van der Waals surface area contributed by atoms with Crippen LogP contribution in [0.2, 0.25) is 0 Å². The number of hydrogen-bond acceptors (Lipinski definition) is 3. The van der Waals surface area contributed by atoms with Gasteiger partial charge in [0, 0.05) is 6.61 Å². The number of esters is 1.